The van der Waals surface area contributed by atoms with Gasteiger partial charge in [0.15, 0.2) is 0 Å². The van der Waals surface area contributed by atoms with Crippen molar-refractivity contribution in [2.24, 2.45) is 5.92 Å². The second kappa shape index (κ2) is 5.54. The lowest BCUT2D eigenvalue weighted by Gasteiger charge is -2.11. The molecule has 106 valence electrons. The smallest absolute Gasteiger partial charge is 0.258 e. The third-order valence-corrected chi connectivity index (χ3v) is 3.91. The molecular formula is C14H14Cl2N2O2. The molecule has 1 aromatic carbocycles. The molecule has 0 N–H and O–H groups in total. The van der Waals surface area contributed by atoms with Crippen molar-refractivity contribution in [2.75, 3.05) is 0 Å². The number of fused-ring (bicyclic) bond motifs is 1. The average Bonchev–Trinajstić information content (AvgIpc) is 2.33. The van der Waals surface area contributed by atoms with Crippen LogP contribution in [0.2, 0.25) is 10.0 Å². The zero-order valence-electron chi connectivity index (χ0n) is 11.4. The number of benzene rings is 1. The molecule has 0 fully saturated rings. The Labute approximate surface area is 126 Å². The van der Waals surface area contributed by atoms with Crippen LogP contribution in [-0.4, -0.2) is 9.91 Å². The van der Waals surface area contributed by atoms with Crippen LogP contribution in [0.15, 0.2) is 12.1 Å². The second-order valence-electron chi connectivity index (χ2n) is 5.14. The van der Waals surface area contributed by atoms with Crippen molar-refractivity contribution in [3.05, 3.63) is 43.5 Å². The predicted octanol–water partition coefficient (Wildman–Crippen LogP) is 4.96. The molecule has 2 rings (SSSR count). The lowest BCUT2D eigenvalue weighted by Crippen LogP contribution is -2.05. The third kappa shape index (κ3) is 2.58. The average molecular weight is 313 g/mol. The van der Waals surface area contributed by atoms with E-state index in [0.29, 0.717) is 28.0 Å². The van der Waals surface area contributed by atoms with Crippen LogP contribution in [0.1, 0.15) is 25.1 Å². The van der Waals surface area contributed by atoms with Gasteiger partial charge in [-0.3, -0.25) is 10.1 Å². The second-order valence-corrected chi connectivity index (χ2v) is 5.93. The fourth-order valence-electron chi connectivity index (χ4n) is 2.15. The highest BCUT2D eigenvalue weighted by molar-refractivity contribution is 6.38. The van der Waals surface area contributed by atoms with Crippen LogP contribution in [0, 0.1) is 23.0 Å². The molecule has 1 aromatic heterocycles. The van der Waals surface area contributed by atoms with E-state index in [0.717, 1.165) is 5.56 Å². The molecule has 0 atom stereocenters. The van der Waals surface area contributed by atoms with Crippen molar-refractivity contribution in [2.45, 2.75) is 27.2 Å². The Balaban J connectivity index is 2.85. The van der Waals surface area contributed by atoms with E-state index in [4.69, 9.17) is 23.2 Å². The fourth-order valence-corrected chi connectivity index (χ4v) is 2.64. The van der Waals surface area contributed by atoms with Crippen LogP contribution in [0.5, 0.6) is 0 Å². The Hall–Kier alpha value is -1.39. The highest BCUT2D eigenvalue weighted by Gasteiger charge is 2.24. The fraction of sp³-hybridized carbons (Fsp3) is 0.357. The van der Waals surface area contributed by atoms with Crippen LogP contribution in [0.25, 0.3) is 10.9 Å². The van der Waals surface area contributed by atoms with Crippen LogP contribution >= 0.6 is 23.2 Å². The lowest BCUT2D eigenvalue weighted by molar-refractivity contribution is -0.385. The molecule has 2 aromatic rings. The number of nitrogens with zero attached hydrogens (tertiary/aromatic N) is 2. The summed E-state index contributed by atoms with van der Waals surface area (Å²) < 4.78 is 0. The number of halogens is 2. The van der Waals surface area contributed by atoms with E-state index in [1.54, 1.807) is 12.1 Å². The quantitative estimate of drug-likeness (QED) is 0.594. The number of pyridine rings is 1. The first-order valence-electron chi connectivity index (χ1n) is 6.24. The standard InChI is InChI=1S/C14H14Cl2N2O2/c1-7(2)6-11-14(18(19)20)12(16)9-4-5-10(15)8(3)13(9)17-11/h4-5,7H,6H2,1-3H3. The van der Waals surface area contributed by atoms with E-state index in [-0.39, 0.29) is 16.6 Å². The molecule has 6 heteroatoms. The normalized spacial score (nSPS) is 11.3. The van der Waals surface area contributed by atoms with Gasteiger partial charge >= 0.3 is 5.69 Å². The number of hydrogen-bond acceptors (Lipinski definition) is 3. The summed E-state index contributed by atoms with van der Waals surface area (Å²) >= 11 is 12.3. The first-order chi connectivity index (χ1) is 9.32. The molecule has 0 aliphatic rings. The molecule has 0 bridgehead atoms. The van der Waals surface area contributed by atoms with Crippen molar-refractivity contribution in [1.29, 1.82) is 0 Å². The van der Waals surface area contributed by atoms with Gasteiger partial charge in [-0.25, -0.2) is 4.98 Å². The topological polar surface area (TPSA) is 56.0 Å². The summed E-state index contributed by atoms with van der Waals surface area (Å²) in [4.78, 5) is 15.3. The van der Waals surface area contributed by atoms with E-state index in [2.05, 4.69) is 4.98 Å². The molecule has 20 heavy (non-hydrogen) atoms. The van der Waals surface area contributed by atoms with E-state index in [1.165, 1.54) is 0 Å². The summed E-state index contributed by atoms with van der Waals surface area (Å²) in [5.74, 6) is 0.245. The third-order valence-electron chi connectivity index (χ3n) is 3.11. The Kier molecular flexibility index (Phi) is 4.16. The maximum absolute atomic E-state index is 11.3. The van der Waals surface area contributed by atoms with Crippen LogP contribution in [-0.2, 0) is 6.42 Å². The van der Waals surface area contributed by atoms with Gasteiger partial charge in [-0.15, -0.1) is 0 Å². The van der Waals surface area contributed by atoms with Crippen molar-refractivity contribution >= 4 is 39.8 Å². The van der Waals surface area contributed by atoms with E-state index in [1.807, 2.05) is 20.8 Å². The predicted molar refractivity (Wildman–Crippen MR) is 81.7 cm³/mol. The molecule has 0 radical (unpaired) electrons. The minimum Gasteiger partial charge on any atom is -0.258 e. The van der Waals surface area contributed by atoms with Crippen molar-refractivity contribution in [1.82, 2.24) is 4.98 Å². The van der Waals surface area contributed by atoms with E-state index >= 15 is 0 Å². The minimum atomic E-state index is -0.462. The molecule has 0 aliphatic heterocycles. The van der Waals surface area contributed by atoms with Crippen LogP contribution in [0.4, 0.5) is 5.69 Å². The first kappa shape index (κ1) is 15.0. The molecule has 1 heterocycles. The number of nitro groups is 1. The SMILES string of the molecule is Cc1c(Cl)ccc2c(Cl)c([N+](=O)[O-])c(CC(C)C)nc12. The first-order valence-corrected chi connectivity index (χ1v) is 7.00. The highest BCUT2D eigenvalue weighted by atomic mass is 35.5. The summed E-state index contributed by atoms with van der Waals surface area (Å²) in [6, 6.07) is 3.35. The molecule has 0 amide bonds. The van der Waals surface area contributed by atoms with Gasteiger partial charge in [-0.05, 0) is 37.0 Å². The zero-order valence-corrected chi connectivity index (χ0v) is 12.9. The Morgan fingerprint density at radius 3 is 2.55 bits per heavy atom. The lowest BCUT2D eigenvalue weighted by atomic mass is 10.0. The van der Waals surface area contributed by atoms with Crippen molar-refractivity contribution in [3.8, 4) is 0 Å². The van der Waals surface area contributed by atoms with E-state index in [9.17, 15) is 10.1 Å². The molecule has 0 saturated heterocycles. The molecule has 0 saturated carbocycles. The van der Waals surface area contributed by atoms with Gasteiger partial charge in [0.25, 0.3) is 0 Å². The summed E-state index contributed by atoms with van der Waals surface area (Å²) in [5.41, 5.74) is 1.72. The zero-order chi connectivity index (χ0) is 15.0. The highest BCUT2D eigenvalue weighted by Crippen LogP contribution is 2.37. The monoisotopic (exact) mass is 312 g/mol. The van der Waals surface area contributed by atoms with Gasteiger partial charge in [0.05, 0.1) is 10.4 Å². The maximum atomic E-state index is 11.3. The molecule has 0 unspecified atom stereocenters. The summed E-state index contributed by atoms with van der Waals surface area (Å²) in [6.07, 6.45) is 0.498. The molecular weight excluding hydrogens is 299 g/mol. The Morgan fingerprint density at radius 1 is 1.35 bits per heavy atom. The van der Waals surface area contributed by atoms with Gasteiger partial charge in [0.2, 0.25) is 0 Å². The Bertz CT molecular complexity index is 699. The van der Waals surface area contributed by atoms with Gasteiger partial charge in [0, 0.05) is 10.4 Å². The minimum absolute atomic E-state index is 0.102. The van der Waals surface area contributed by atoms with Crippen LogP contribution in [0.3, 0.4) is 0 Å². The maximum Gasteiger partial charge on any atom is 0.309 e. The van der Waals surface area contributed by atoms with Gasteiger partial charge in [-0.2, -0.15) is 0 Å². The van der Waals surface area contributed by atoms with Gasteiger partial charge in [0.1, 0.15) is 10.7 Å². The molecule has 4 nitrogen and oxygen atoms in total. The van der Waals surface area contributed by atoms with Gasteiger partial charge < -0.3 is 0 Å². The summed E-state index contributed by atoms with van der Waals surface area (Å²) in [6.45, 7) is 5.79. The molecule has 0 spiro atoms. The summed E-state index contributed by atoms with van der Waals surface area (Å²) in [7, 11) is 0. The number of rotatable bonds is 3. The van der Waals surface area contributed by atoms with Crippen molar-refractivity contribution in [3.63, 3.8) is 0 Å². The van der Waals surface area contributed by atoms with E-state index < -0.39 is 4.92 Å². The largest absolute Gasteiger partial charge is 0.309 e. The van der Waals surface area contributed by atoms with Crippen LogP contribution < -0.4 is 0 Å². The van der Waals surface area contributed by atoms with Gasteiger partial charge in [-0.1, -0.05) is 37.0 Å². The number of hydrogen-bond donors (Lipinski definition) is 0. The summed E-state index contributed by atoms with van der Waals surface area (Å²) in [5, 5.41) is 12.5. The molecule has 0 aliphatic carbocycles. The van der Waals surface area contributed by atoms with Crippen molar-refractivity contribution < 1.29 is 4.92 Å². The number of aromatic nitrogens is 1. The Morgan fingerprint density at radius 2 is 2.00 bits per heavy atom. The number of aryl methyl sites for hydroxylation is 1.